The average Bonchev–Trinajstić information content (AvgIpc) is 2.43. The molecule has 3 heteroatoms. The van der Waals surface area contributed by atoms with Gasteiger partial charge in [0.05, 0.1) is 5.88 Å². The summed E-state index contributed by atoms with van der Waals surface area (Å²) in [5.74, 6) is 6.44. The molecule has 0 fully saturated rings. The van der Waals surface area contributed by atoms with Gasteiger partial charge >= 0.3 is 0 Å². The summed E-state index contributed by atoms with van der Waals surface area (Å²) in [6.45, 7) is 0.324. The molecular weight excluding hydrogens is 263 g/mol. The van der Waals surface area contributed by atoms with E-state index in [1.54, 1.807) is 6.07 Å². The van der Waals surface area contributed by atoms with E-state index in [4.69, 9.17) is 16.3 Å². The van der Waals surface area contributed by atoms with Crippen molar-refractivity contribution in [2.75, 3.05) is 5.88 Å². The maximum absolute atomic E-state index is 13.0. The van der Waals surface area contributed by atoms with Crippen LogP contribution in [0.5, 0.6) is 5.75 Å². The van der Waals surface area contributed by atoms with Gasteiger partial charge in [-0.3, -0.25) is 0 Å². The molecule has 0 N–H and O–H groups in total. The Bertz CT molecular complexity index is 613. The number of ether oxygens (including phenoxy) is 1. The maximum atomic E-state index is 13.0. The van der Waals surface area contributed by atoms with E-state index in [9.17, 15) is 4.39 Å². The molecule has 0 atom stereocenters. The van der Waals surface area contributed by atoms with Crippen molar-refractivity contribution in [2.45, 2.75) is 6.61 Å². The molecule has 0 aliphatic heterocycles. The lowest BCUT2D eigenvalue weighted by Crippen LogP contribution is -1.96. The largest absolute Gasteiger partial charge is 0.489 e. The summed E-state index contributed by atoms with van der Waals surface area (Å²) in [4.78, 5) is 0. The van der Waals surface area contributed by atoms with Crippen molar-refractivity contribution < 1.29 is 9.13 Å². The number of benzene rings is 2. The summed E-state index contributed by atoms with van der Waals surface area (Å²) >= 11 is 5.51. The van der Waals surface area contributed by atoms with Gasteiger partial charge < -0.3 is 4.74 Å². The molecule has 0 amide bonds. The summed E-state index contributed by atoms with van der Waals surface area (Å²) in [7, 11) is 0. The summed E-state index contributed by atoms with van der Waals surface area (Å²) in [6, 6.07) is 13.8. The molecule has 2 rings (SSSR count). The van der Waals surface area contributed by atoms with Gasteiger partial charge in [0, 0.05) is 5.56 Å². The molecule has 2 aromatic rings. The highest BCUT2D eigenvalue weighted by Gasteiger charge is 1.98. The summed E-state index contributed by atoms with van der Waals surface area (Å²) in [5.41, 5.74) is 1.63. The predicted octanol–water partition coefficient (Wildman–Crippen LogP) is 4.00. The molecule has 96 valence electrons. The quantitative estimate of drug-likeness (QED) is 0.607. The van der Waals surface area contributed by atoms with Crippen LogP contribution in [-0.2, 0) is 6.61 Å². The summed E-state index contributed by atoms with van der Waals surface area (Å²) in [5, 5.41) is 0. The second-order valence-electron chi connectivity index (χ2n) is 3.88. The Hall–Kier alpha value is -1.98. The van der Waals surface area contributed by atoms with E-state index in [1.807, 2.05) is 30.3 Å². The monoisotopic (exact) mass is 274 g/mol. The first-order valence-corrected chi connectivity index (χ1v) is 6.33. The predicted molar refractivity (Wildman–Crippen MR) is 74.8 cm³/mol. The first-order chi connectivity index (χ1) is 9.28. The van der Waals surface area contributed by atoms with Crippen LogP contribution in [0, 0.1) is 17.7 Å². The number of hydrogen-bond donors (Lipinski definition) is 0. The Labute approximate surface area is 117 Å². The molecule has 0 aromatic heterocycles. The minimum absolute atomic E-state index is 0.261. The maximum Gasteiger partial charge on any atom is 0.123 e. The molecule has 0 bridgehead atoms. The average molecular weight is 275 g/mol. The van der Waals surface area contributed by atoms with Gasteiger partial charge in [0.2, 0.25) is 0 Å². The Morgan fingerprint density at radius 1 is 1.11 bits per heavy atom. The van der Waals surface area contributed by atoms with Crippen molar-refractivity contribution in [3.05, 3.63) is 65.5 Å². The van der Waals surface area contributed by atoms with Gasteiger partial charge in [-0.2, -0.15) is 0 Å². The van der Waals surface area contributed by atoms with Crippen molar-refractivity contribution in [1.29, 1.82) is 0 Å². The van der Waals surface area contributed by atoms with Crippen molar-refractivity contribution >= 4 is 11.6 Å². The first-order valence-electron chi connectivity index (χ1n) is 5.80. The minimum atomic E-state index is -0.261. The van der Waals surface area contributed by atoms with Crippen LogP contribution in [0.2, 0.25) is 0 Å². The van der Waals surface area contributed by atoms with Crippen LogP contribution in [0.4, 0.5) is 4.39 Å². The van der Waals surface area contributed by atoms with E-state index in [0.29, 0.717) is 18.2 Å². The Morgan fingerprint density at radius 3 is 2.74 bits per heavy atom. The van der Waals surface area contributed by atoms with Crippen LogP contribution >= 0.6 is 11.6 Å². The van der Waals surface area contributed by atoms with Crippen LogP contribution < -0.4 is 4.74 Å². The normalized spacial score (nSPS) is 9.58. The highest BCUT2D eigenvalue weighted by molar-refractivity contribution is 6.19. The lowest BCUT2D eigenvalue weighted by atomic mass is 10.2. The molecule has 2 aromatic carbocycles. The van der Waals surface area contributed by atoms with Crippen molar-refractivity contribution in [3.8, 4) is 17.6 Å². The van der Waals surface area contributed by atoms with Crippen molar-refractivity contribution in [2.24, 2.45) is 0 Å². The third-order valence-electron chi connectivity index (χ3n) is 2.43. The van der Waals surface area contributed by atoms with E-state index in [1.165, 1.54) is 12.1 Å². The zero-order valence-electron chi connectivity index (χ0n) is 10.2. The lowest BCUT2D eigenvalue weighted by Gasteiger charge is -2.06. The van der Waals surface area contributed by atoms with E-state index >= 15 is 0 Å². The van der Waals surface area contributed by atoms with E-state index in [2.05, 4.69) is 11.8 Å². The first kappa shape index (κ1) is 13.5. The molecule has 0 unspecified atom stereocenters. The molecule has 0 spiro atoms. The van der Waals surface area contributed by atoms with Gasteiger partial charge in [-0.15, -0.1) is 11.6 Å². The summed E-state index contributed by atoms with van der Waals surface area (Å²) < 4.78 is 18.6. The fourth-order valence-corrected chi connectivity index (χ4v) is 1.66. The second kappa shape index (κ2) is 6.82. The Kier molecular flexibility index (Phi) is 4.83. The second-order valence-corrected chi connectivity index (χ2v) is 4.15. The molecule has 19 heavy (non-hydrogen) atoms. The number of rotatable bonds is 3. The molecule has 0 saturated heterocycles. The van der Waals surface area contributed by atoms with Gasteiger partial charge in [-0.1, -0.05) is 30.0 Å². The van der Waals surface area contributed by atoms with Crippen LogP contribution in [0.25, 0.3) is 0 Å². The molecule has 0 aliphatic carbocycles. The van der Waals surface area contributed by atoms with Gasteiger partial charge in [0.25, 0.3) is 0 Å². The Balaban J connectivity index is 2.03. The number of hydrogen-bond acceptors (Lipinski definition) is 1. The molecule has 0 aliphatic rings. The third kappa shape index (κ3) is 4.31. The van der Waals surface area contributed by atoms with Crippen LogP contribution in [0.3, 0.4) is 0 Å². The fraction of sp³-hybridized carbons (Fsp3) is 0.125. The lowest BCUT2D eigenvalue weighted by molar-refractivity contribution is 0.305. The van der Waals surface area contributed by atoms with Crippen molar-refractivity contribution in [1.82, 2.24) is 0 Å². The highest BCUT2D eigenvalue weighted by Crippen LogP contribution is 2.15. The zero-order valence-corrected chi connectivity index (χ0v) is 11.0. The van der Waals surface area contributed by atoms with Crippen LogP contribution in [0.1, 0.15) is 11.1 Å². The molecule has 0 heterocycles. The van der Waals surface area contributed by atoms with Crippen LogP contribution in [0.15, 0.2) is 48.5 Å². The Morgan fingerprint density at radius 2 is 1.95 bits per heavy atom. The number of alkyl halides is 1. The van der Waals surface area contributed by atoms with Crippen LogP contribution in [-0.4, -0.2) is 5.88 Å². The van der Waals surface area contributed by atoms with Crippen molar-refractivity contribution in [3.63, 3.8) is 0 Å². The van der Waals surface area contributed by atoms with E-state index in [0.717, 1.165) is 11.1 Å². The zero-order chi connectivity index (χ0) is 13.5. The standard InChI is InChI=1S/C16H12ClFO/c17-9-3-6-13-4-2-8-16(11-13)19-12-14-5-1-7-15(18)10-14/h1-2,4-5,7-8,10-11H,9,12H2. The molecule has 0 saturated carbocycles. The van der Waals surface area contributed by atoms with Gasteiger partial charge in [-0.25, -0.2) is 4.39 Å². The minimum Gasteiger partial charge on any atom is -0.489 e. The third-order valence-corrected chi connectivity index (χ3v) is 2.56. The molecule has 0 radical (unpaired) electrons. The van der Waals surface area contributed by atoms with E-state index in [-0.39, 0.29) is 5.82 Å². The molecule has 1 nitrogen and oxygen atoms in total. The van der Waals surface area contributed by atoms with Gasteiger partial charge in [-0.05, 0) is 35.9 Å². The van der Waals surface area contributed by atoms with Gasteiger partial charge in [0.1, 0.15) is 18.2 Å². The number of halogens is 2. The van der Waals surface area contributed by atoms with Gasteiger partial charge in [0.15, 0.2) is 0 Å². The fourth-order valence-electron chi connectivity index (χ4n) is 1.59. The van der Waals surface area contributed by atoms with E-state index < -0.39 is 0 Å². The highest BCUT2D eigenvalue weighted by atomic mass is 35.5. The smallest absolute Gasteiger partial charge is 0.123 e. The molecular formula is C16H12ClFO. The topological polar surface area (TPSA) is 9.23 Å². The SMILES string of the molecule is Fc1cccc(COc2cccc(C#CCCl)c2)c1. The summed E-state index contributed by atoms with van der Waals surface area (Å²) in [6.07, 6.45) is 0.